The lowest BCUT2D eigenvalue weighted by molar-refractivity contribution is 0.0678. The second kappa shape index (κ2) is 5.88. The number of hydrogen-bond donors (Lipinski definition) is 0. The van der Waals surface area contributed by atoms with Crippen molar-refractivity contribution in [3.8, 4) is 0 Å². The van der Waals surface area contributed by atoms with Crippen LogP contribution < -0.4 is 0 Å². The maximum atomic E-state index is 13.0. The number of aryl methyl sites for hydroxylation is 1. The van der Waals surface area contributed by atoms with Crippen LogP contribution in [-0.2, 0) is 12.8 Å². The average molecular weight is 315 g/mol. The van der Waals surface area contributed by atoms with E-state index in [-0.39, 0.29) is 5.91 Å². The molecule has 2 aromatic heterocycles. The van der Waals surface area contributed by atoms with Gasteiger partial charge in [0.25, 0.3) is 5.91 Å². The summed E-state index contributed by atoms with van der Waals surface area (Å²) < 4.78 is 2.14. The third-order valence-corrected chi connectivity index (χ3v) is 6.01. The molecule has 1 amide bonds. The summed E-state index contributed by atoms with van der Waals surface area (Å²) in [5, 5.41) is 2.10. The van der Waals surface area contributed by atoms with Crippen LogP contribution in [0.5, 0.6) is 0 Å². The third kappa shape index (κ3) is 2.47. The lowest BCUT2D eigenvalue weighted by Gasteiger charge is -2.33. The first-order valence-electron chi connectivity index (χ1n) is 8.19. The lowest BCUT2D eigenvalue weighted by Crippen LogP contribution is -2.40. The Bertz CT molecular complexity index is 662. The maximum absolute atomic E-state index is 13.0. The number of nitrogens with zero attached hydrogens (tertiary/aromatic N) is 3. The Morgan fingerprint density at radius 1 is 1.27 bits per heavy atom. The van der Waals surface area contributed by atoms with Crippen molar-refractivity contribution in [3.63, 3.8) is 0 Å². The van der Waals surface area contributed by atoms with Gasteiger partial charge in [-0.25, -0.2) is 4.98 Å². The van der Waals surface area contributed by atoms with E-state index < -0.39 is 0 Å². The molecule has 1 saturated heterocycles. The summed E-state index contributed by atoms with van der Waals surface area (Å²) in [5.74, 6) is 0.240. The van der Waals surface area contributed by atoms with Crippen LogP contribution in [0.3, 0.4) is 0 Å². The fourth-order valence-electron chi connectivity index (χ4n) is 3.71. The minimum Gasteiger partial charge on any atom is -0.337 e. The van der Waals surface area contributed by atoms with E-state index in [0.29, 0.717) is 6.04 Å². The van der Waals surface area contributed by atoms with Crippen molar-refractivity contribution >= 4 is 17.2 Å². The van der Waals surface area contributed by atoms with Gasteiger partial charge in [0.15, 0.2) is 0 Å². The summed E-state index contributed by atoms with van der Waals surface area (Å²) in [5.41, 5.74) is 2.32. The molecule has 4 nitrogen and oxygen atoms in total. The molecule has 0 aromatic carbocycles. The first kappa shape index (κ1) is 14.0. The van der Waals surface area contributed by atoms with Gasteiger partial charge in [-0.1, -0.05) is 0 Å². The number of rotatable bonds is 2. The lowest BCUT2D eigenvalue weighted by atomic mass is 9.95. The first-order chi connectivity index (χ1) is 10.8. The third-order valence-electron chi connectivity index (χ3n) is 4.92. The summed E-state index contributed by atoms with van der Waals surface area (Å²) in [7, 11) is 0. The van der Waals surface area contributed by atoms with Crippen molar-refractivity contribution < 1.29 is 4.79 Å². The molecule has 5 heteroatoms. The summed E-state index contributed by atoms with van der Waals surface area (Å²) in [6, 6.07) is 0.370. The summed E-state index contributed by atoms with van der Waals surface area (Å²) >= 11 is 1.78. The second-order valence-electron chi connectivity index (χ2n) is 6.32. The normalized spacial score (nSPS) is 21.6. The first-order valence-corrected chi connectivity index (χ1v) is 9.07. The standard InChI is InChI=1S/C17H21N3OS/c21-17(15-11-22-16-6-2-1-5-14(15)16)19-8-3-4-13(10-19)20-9-7-18-12-20/h7,9,11-13H,1-6,8,10H2/t13-/m1/s1. The van der Waals surface area contributed by atoms with Gasteiger partial charge in [-0.3, -0.25) is 4.79 Å². The van der Waals surface area contributed by atoms with Crippen molar-refractivity contribution in [3.05, 3.63) is 40.1 Å². The minimum absolute atomic E-state index is 0.240. The van der Waals surface area contributed by atoms with Crippen LogP contribution in [0.1, 0.15) is 52.5 Å². The second-order valence-corrected chi connectivity index (χ2v) is 7.28. The molecule has 116 valence electrons. The fourth-order valence-corrected chi connectivity index (χ4v) is 4.83. The Labute approximate surface area is 134 Å². The van der Waals surface area contributed by atoms with Crippen LogP contribution in [0, 0.1) is 0 Å². The van der Waals surface area contributed by atoms with E-state index in [4.69, 9.17) is 0 Å². The van der Waals surface area contributed by atoms with Crippen molar-refractivity contribution in [2.45, 2.75) is 44.6 Å². The highest BCUT2D eigenvalue weighted by Gasteiger charge is 2.28. The van der Waals surface area contributed by atoms with E-state index in [0.717, 1.165) is 44.3 Å². The number of carbonyl (C=O) groups excluding carboxylic acids is 1. The molecule has 1 fully saturated rings. The molecule has 0 radical (unpaired) electrons. The number of fused-ring (bicyclic) bond motifs is 1. The number of thiophene rings is 1. The topological polar surface area (TPSA) is 38.1 Å². The highest BCUT2D eigenvalue weighted by molar-refractivity contribution is 7.10. The number of carbonyl (C=O) groups is 1. The predicted molar refractivity (Wildman–Crippen MR) is 87.4 cm³/mol. The maximum Gasteiger partial charge on any atom is 0.255 e. The van der Waals surface area contributed by atoms with Gasteiger partial charge in [0.2, 0.25) is 0 Å². The van der Waals surface area contributed by atoms with Crippen molar-refractivity contribution in [1.82, 2.24) is 14.5 Å². The van der Waals surface area contributed by atoms with Gasteiger partial charge >= 0.3 is 0 Å². The number of aromatic nitrogens is 2. The molecule has 1 atom stereocenters. The van der Waals surface area contributed by atoms with Crippen LogP contribution in [0.4, 0.5) is 0 Å². The zero-order valence-corrected chi connectivity index (χ0v) is 13.5. The highest BCUT2D eigenvalue weighted by Crippen LogP contribution is 2.32. The average Bonchev–Trinajstić information content (AvgIpc) is 3.24. The van der Waals surface area contributed by atoms with Crippen LogP contribution in [0.25, 0.3) is 0 Å². The number of piperidine rings is 1. The Kier molecular flexibility index (Phi) is 3.74. The molecular formula is C17H21N3OS. The van der Waals surface area contributed by atoms with E-state index in [1.807, 2.05) is 23.6 Å². The molecule has 4 rings (SSSR count). The van der Waals surface area contributed by atoms with Crippen molar-refractivity contribution in [2.75, 3.05) is 13.1 Å². The molecule has 2 aliphatic rings. The Hall–Kier alpha value is -1.62. The monoisotopic (exact) mass is 315 g/mol. The van der Waals surface area contributed by atoms with Gasteiger partial charge in [-0.05, 0) is 44.1 Å². The number of imidazole rings is 1. The van der Waals surface area contributed by atoms with Gasteiger partial charge < -0.3 is 9.47 Å². The van der Waals surface area contributed by atoms with Crippen LogP contribution in [0.15, 0.2) is 24.1 Å². The highest BCUT2D eigenvalue weighted by atomic mass is 32.1. The van der Waals surface area contributed by atoms with Gasteiger partial charge in [-0.15, -0.1) is 11.3 Å². The smallest absolute Gasteiger partial charge is 0.255 e. The quantitative estimate of drug-likeness (QED) is 0.853. The Balaban J connectivity index is 1.54. The van der Waals surface area contributed by atoms with Crippen molar-refractivity contribution in [2.24, 2.45) is 0 Å². The summed E-state index contributed by atoms with van der Waals surface area (Å²) in [4.78, 5) is 20.6. The number of hydrogen-bond acceptors (Lipinski definition) is 3. The molecule has 0 spiro atoms. The molecule has 2 aromatic rings. The van der Waals surface area contributed by atoms with Crippen LogP contribution in [0.2, 0.25) is 0 Å². The van der Waals surface area contributed by atoms with E-state index in [1.165, 1.54) is 23.3 Å². The van der Waals surface area contributed by atoms with Crippen molar-refractivity contribution in [1.29, 1.82) is 0 Å². The van der Waals surface area contributed by atoms with E-state index in [1.54, 1.807) is 11.3 Å². The van der Waals surface area contributed by atoms with Gasteiger partial charge in [0.1, 0.15) is 0 Å². The molecule has 0 bridgehead atoms. The minimum atomic E-state index is 0.240. The zero-order valence-electron chi connectivity index (χ0n) is 12.7. The SMILES string of the molecule is O=C(c1csc2c1CCCC2)N1CCC[C@@H](n2ccnc2)C1. The molecule has 0 saturated carbocycles. The van der Waals surface area contributed by atoms with E-state index >= 15 is 0 Å². The summed E-state index contributed by atoms with van der Waals surface area (Å²) in [6.07, 6.45) is 12.6. The molecular weight excluding hydrogens is 294 g/mol. The predicted octanol–water partition coefficient (Wildman–Crippen LogP) is 3.30. The molecule has 3 heterocycles. The van der Waals surface area contributed by atoms with Crippen LogP contribution in [-0.4, -0.2) is 33.4 Å². The molecule has 22 heavy (non-hydrogen) atoms. The van der Waals surface area contributed by atoms with Gasteiger partial charge in [0.05, 0.1) is 17.9 Å². The Morgan fingerprint density at radius 2 is 2.18 bits per heavy atom. The van der Waals surface area contributed by atoms with E-state index in [9.17, 15) is 4.79 Å². The largest absolute Gasteiger partial charge is 0.337 e. The van der Waals surface area contributed by atoms with E-state index in [2.05, 4.69) is 14.9 Å². The van der Waals surface area contributed by atoms with Gasteiger partial charge in [-0.2, -0.15) is 0 Å². The Morgan fingerprint density at radius 3 is 3.05 bits per heavy atom. The molecule has 1 aliphatic heterocycles. The van der Waals surface area contributed by atoms with Gasteiger partial charge in [0, 0.05) is 35.7 Å². The summed E-state index contributed by atoms with van der Waals surface area (Å²) in [6.45, 7) is 1.69. The molecule has 0 N–H and O–H groups in total. The number of likely N-dealkylation sites (tertiary alicyclic amines) is 1. The molecule has 1 aliphatic carbocycles. The van der Waals surface area contributed by atoms with Crippen LogP contribution >= 0.6 is 11.3 Å². The number of amides is 1. The zero-order chi connectivity index (χ0) is 14.9. The fraction of sp³-hybridized carbons (Fsp3) is 0.529. The molecule has 0 unspecified atom stereocenters.